The van der Waals surface area contributed by atoms with Crippen LogP contribution in [-0.4, -0.2) is 32.1 Å². The molecule has 0 aliphatic carbocycles. The van der Waals surface area contributed by atoms with Crippen LogP contribution in [0.1, 0.15) is 12.8 Å². The summed E-state index contributed by atoms with van der Waals surface area (Å²) in [5.41, 5.74) is 0. The number of Topliss-reactive ketones (excluding diaryl/α,β-unsaturated/α-hetero) is 1. The molecule has 1 saturated heterocycles. The van der Waals surface area contributed by atoms with Crippen molar-refractivity contribution < 1.29 is 9.53 Å². The van der Waals surface area contributed by atoms with Crippen molar-refractivity contribution in [3.8, 4) is 0 Å². The SMILES string of the molecule is COCC(=O)C1CCC[N]1. The van der Waals surface area contributed by atoms with E-state index < -0.39 is 0 Å². The fourth-order valence-electron chi connectivity index (χ4n) is 1.12. The van der Waals surface area contributed by atoms with Crippen molar-refractivity contribution in [2.24, 2.45) is 0 Å². The minimum absolute atomic E-state index is 0.0556. The Morgan fingerprint density at radius 2 is 2.60 bits per heavy atom. The summed E-state index contributed by atoms with van der Waals surface area (Å²) in [5.74, 6) is 0.125. The maximum Gasteiger partial charge on any atom is 0.176 e. The minimum Gasteiger partial charge on any atom is -0.377 e. The topological polar surface area (TPSA) is 40.4 Å². The predicted octanol–water partition coefficient (Wildman–Crippen LogP) is -0.0313. The Morgan fingerprint density at radius 1 is 1.80 bits per heavy atom. The minimum atomic E-state index is -0.0556. The Kier molecular flexibility index (Phi) is 2.83. The standard InChI is InChI=1S/C7H12NO2/c1-10-5-7(9)6-3-2-4-8-6/h6H,2-5H2,1H3. The molecule has 0 aromatic carbocycles. The molecule has 3 nitrogen and oxygen atoms in total. The number of methoxy groups -OCH3 is 1. The summed E-state index contributed by atoms with van der Waals surface area (Å²) in [6.07, 6.45) is 1.97. The molecule has 1 atom stereocenters. The van der Waals surface area contributed by atoms with Crippen LogP contribution in [0.3, 0.4) is 0 Å². The molecule has 1 radical (unpaired) electrons. The van der Waals surface area contributed by atoms with Gasteiger partial charge in [0.1, 0.15) is 6.61 Å². The van der Waals surface area contributed by atoms with E-state index in [1.807, 2.05) is 0 Å². The Balaban J connectivity index is 2.25. The van der Waals surface area contributed by atoms with Crippen molar-refractivity contribution in [3.05, 3.63) is 0 Å². The lowest BCUT2D eigenvalue weighted by Gasteiger charge is -2.04. The van der Waals surface area contributed by atoms with E-state index in [-0.39, 0.29) is 18.4 Å². The highest BCUT2D eigenvalue weighted by Gasteiger charge is 2.22. The lowest BCUT2D eigenvalue weighted by atomic mass is 10.1. The molecule has 0 bridgehead atoms. The third kappa shape index (κ3) is 1.78. The molecule has 0 saturated carbocycles. The maximum absolute atomic E-state index is 11.0. The van der Waals surface area contributed by atoms with Crippen molar-refractivity contribution in [3.63, 3.8) is 0 Å². The number of carbonyl (C=O) groups excluding carboxylic acids is 1. The monoisotopic (exact) mass is 142 g/mol. The van der Waals surface area contributed by atoms with Crippen molar-refractivity contribution in [2.75, 3.05) is 20.3 Å². The molecule has 0 aromatic heterocycles. The first-order chi connectivity index (χ1) is 4.84. The van der Waals surface area contributed by atoms with E-state index in [2.05, 4.69) is 5.32 Å². The summed E-state index contributed by atoms with van der Waals surface area (Å²) < 4.78 is 4.71. The zero-order valence-corrected chi connectivity index (χ0v) is 6.17. The molecule has 1 rings (SSSR count). The molecule has 0 N–H and O–H groups in total. The highest BCUT2D eigenvalue weighted by atomic mass is 16.5. The van der Waals surface area contributed by atoms with Crippen LogP contribution in [0.4, 0.5) is 0 Å². The molecule has 1 aliphatic rings. The van der Waals surface area contributed by atoms with E-state index in [0.717, 1.165) is 19.4 Å². The van der Waals surface area contributed by atoms with Gasteiger partial charge in [-0.3, -0.25) is 4.79 Å². The van der Waals surface area contributed by atoms with E-state index in [1.165, 1.54) is 7.11 Å². The van der Waals surface area contributed by atoms with Gasteiger partial charge in [-0.15, -0.1) is 0 Å². The maximum atomic E-state index is 11.0. The molecule has 57 valence electrons. The Morgan fingerprint density at radius 3 is 3.10 bits per heavy atom. The number of hydrogen-bond donors (Lipinski definition) is 0. The van der Waals surface area contributed by atoms with Crippen LogP contribution in [0.2, 0.25) is 0 Å². The fraction of sp³-hybridized carbons (Fsp3) is 0.857. The summed E-state index contributed by atoms with van der Waals surface area (Å²) >= 11 is 0. The van der Waals surface area contributed by atoms with Crippen molar-refractivity contribution >= 4 is 5.78 Å². The normalized spacial score (nSPS) is 25.1. The number of ketones is 1. The predicted molar refractivity (Wildman–Crippen MR) is 36.9 cm³/mol. The van der Waals surface area contributed by atoms with E-state index in [4.69, 9.17) is 4.74 Å². The second kappa shape index (κ2) is 3.68. The Bertz CT molecular complexity index is 119. The lowest BCUT2D eigenvalue weighted by Crippen LogP contribution is -2.28. The molecular weight excluding hydrogens is 130 g/mol. The third-order valence-electron chi connectivity index (χ3n) is 1.64. The molecule has 3 heteroatoms. The van der Waals surface area contributed by atoms with Gasteiger partial charge in [-0.25, -0.2) is 5.32 Å². The van der Waals surface area contributed by atoms with Crippen LogP contribution in [0.5, 0.6) is 0 Å². The second-order valence-corrected chi connectivity index (χ2v) is 2.46. The van der Waals surface area contributed by atoms with Gasteiger partial charge in [0.2, 0.25) is 0 Å². The molecular formula is C7H12NO2. The van der Waals surface area contributed by atoms with Gasteiger partial charge in [0.25, 0.3) is 0 Å². The molecule has 0 spiro atoms. The number of hydrogen-bond acceptors (Lipinski definition) is 2. The number of ether oxygens (including phenoxy) is 1. The molecule has 1 unspecified atom stereocenters. The van der Waals surface area contributed by atoms with Gasteiger partial charge in [-0.1, -0.05) is 0 Å². The molecule has 1 fully saturated rings. The van der Waals surface area contributed by atoms with E-state index in [1.54, 1.807) is 0 Å². The van der Waals surface area contributed by atoms with Gasteiger partial charge < -0.3 is 4.74 Å². The lowest BCUT2D eigenvalue weighted by molar-refractivity contribution is -0.124. The van der Waals surface area contributed by atoms with Crippen molar-refractivity contribution in [2.45, 2.75) is 18.9 Å². The van der Waals surface area contributed by atoms with Crippen LogP contribution in [0.15, 0.2) is 0 Å². The van der Waals surface area contributed by atoms with Gasteiger partial charge in [-0.2, -0.15) is 0 Å². The van der Waals surface area contributed by atoms with Gasteiger partial charge in [-0.05, 0) is 12.8 Å². The summed E-state index contributed by atoms with van der Waals surface area (Å²) in [5, 5.41) is 4.12. The average Bonchev–Trinajstić information content (AvgIpc) is 2.38. The van der Waals surface area contributed by atoms with Gasteiger partial charge >= 0.3 is 0 Å². The number of carbonyl (C=O) groups is 1. The second-order valence-electron chi connectivity index (χ2n) is 2.46. The summed E-state index contributed by atoms with van der Waals surface area (Å²) in [6, 6.07) is -0.0556. The van der Waals surface area contributed by atoms with Crippen LogP contribution in [0.25, 0.3) is 0 Å². The molecule has 10 heavy (non-hydrogen) atoms. The zero-order valence-electron chi connectivity index (χ0n) is 6.17. The van der Waals surface area contributed by atoms with Crippen LogP contribution < -0.4 is 5.32 Å². The number of rotatable bonds is 3. The average molecular weight is 142 g/mol. The quantitative estimate of drug-likeness (QED) is 0.555. The molecule has 1 heterocycles. The summed E-state index contributed by atoms with van der Waals surface area (Å²) in [4.78, 5) is 11.0. The molecule has 1 aliphatic heterocycles. The Hall–Kier alpha value is -0.410. The first kappa shape index (κ1) is 7.69. The third-order valence-corrected chi connectivity index (χ3v) is 1.64. The van der Waals surface area contributed by atoms with Crippen LogP contribution in [0, 0.1) is 0 Å². The first-order valence-electron chi connectivity index (χ1n) is 3.53. The van der Waals surface area contributed by atoms with E-state index >= 15 is 0 Å². The molecule has 0 aromatic rings. The summed E-state index contributed by atoms with van der Waals surface area (Å²) in [6.45, 7) is 1.06. The molecule has 0 amide bonds. The smallest absolute Gasteiger partial charge is 0.176 e. The van der Waals surface area contributed by atoms with Gasteiger partial charge in [0.15, 0.2) is 5.78 Å². The highest BCUT2D eigenvalue weighted by Crippen LogP contribution is 2.07. The van der Waals surface area contributed by atoms with Crippen molar-refractivity contribution in [1.29, 1.82) is 0 Å². The highest BCUT2D eigenvalue weighted by molar-refractivity contribution is 5.85. The van der Waals surface area contributed by atoms with Gasteiger partial charge in [0.05, 0.1) is 6.04 Å². The number of nitrogens with zero attached hydrogens (tertiary/aromatic N) is 1. The van der Waals surface area contributed by atoms with Gasteiger partial charge in [0, 0.05) is 13.7 Å². The van der Waals surface area contributed by atoms with E-state index in [9.17, 15) is 4.79 Å². The van der Waals surface area contributed by atoms with Crippen LogP contribution >= 0.6 is 0 Å². The van der Waals surface area contributed by atoms with Crippen LogP contribution in [-0.2, 0) is 9.53 Å². The van der Waals surface area contributed by atoms with Crippen molar-refractivity contribution in [1.82, 2.24) is 5.32 Å². The fourth-order valence-corrected chi connectivity index (χ4v) is 1.12. The Labute approximate surface area is 60.7 Å². The first-order valence-corrected chi connectivity index (χ1v) is 3.53. The largest absolute Gasteiger partial charge is 0.377 e. The summed E-state index contributed by atoms with van der Waals surface area (Å²) in [7, 11) is 1.53. The zero-order chi connectivity index (χ0) is 7.40. The van der Waals surface area contributed by atoms with E-state index in [0.29, 0.717) is 0 Å².